The van der Waals surface area contributed by atoms with E-state index in [1.54, 1.807) is 44.9 Å². The Bertz CT molecular complexity index is 1260. The van der Waals surface area contributed by atoms with Crippen LogP contribution in [-0.2, 0) is 28.7 Å². The topological polar surface area (TPSA) is 138 Å². The third-order valence-corrected chi connectivity index (χ3v) is 11.2. The molecule has 4 amide bonds. The van der Waals surface area contributed by atoms with Crippen molar-refractivity contribution in [2.45, 2.75) is 117 Å². The standard InChI is InChI=1S/C39H67N5O7/c1-13-26(5)34(42(8)33(46)24-40-39(49)35(25(3)4)44(9,10)14-2)31(50-11)23-32(45)43-22-18-21-30(43)37(51-12)27(6)38(48)41-28(7)36(47)29-19-16-15-17-20-29/h15-17,19-20,25-28,30-31,34-37,47H,13-14,18,21-24H2,1-12H3,(H-,40,41,48,49)/p+1. The first-order valence-corrected chi connectivity index (χ1v) is 18.7. The fraction of sp³-hybridized carbons (Fsp3) is 0.744. The summed E-state index contributed by atoms with van der Waals surface area (Å²) in [6.45, 7) is 14.8. The molecule has 1 aromatic rings. The quantitative estimate of drug-likeness (QED) is 0.176. The second-order valence-electron chi connectivity index (χ2n) is 15.3. The van der Waals surface area contributed by atoms with E-state index in [1.807, 2.05) is 79.0 Å². The van der Waals surface area contributed by atoms with E-state index in [1.165, 1.54) is 0 Å². The molecule has 0 saturated carbocycles. The van der Waals surface area contributed by atoms with Gasteiger partial charge < -0.3 is 39.5 Å². The van der Waals surface area contributed by atoms with Crippen LogP contribution in [0.15, 0.2) is 30.3 Å². The molecule has 1 aliphatic heterocycles. The number of carbonyl (C=O) groups excluding carboxylic acids is 4. The maximum absolute atomic E-state index is 14.0. The van der Waals surface area contributed by atoms with Gasteiger partial charge in [-0.2, -0.15) is 0 Å². The molecule has 0 bridgehead atoms. The Morgan fingerprint density at radius 2 is 1.63 bits per heavy atom. The predicted octanol–water partition coefficient (Wildman–Crippen LogP) is 3.38. The molecule has 1 saturated heterocycles. The third-order valence-electron chi connectivity index (χ3n) is 11.2. The molecule has 1 aromatic carbocycles. The number of quaternary nitrogens is 1. The van der Waals surface area contributed by atoms with Crippen LogP contribution >= 0.6 is 0 Å². The molecule has 0 aromatic heterocycles. The van der Waals surface area contributed by atoms with E-state index in [9.17, 15) is 24.3 Å². The van der Waals surface area contributed by atoms with Crippen LogP contribution < -0.4 is 10.6 Å². The number of methoxy groups -OCH3 is 2. The Morgan fingerprint density at radius 3 is 2.16 bits per heavy atom. The number of ether oxygens (including phenoxy) is 2. The average molecular weight is 719 g/mol. The number of aliphatic hydroxyl groups excluding tert-OH is 1. The minimum absolute atomic E-state index is 0.00421. The van der Waals surface area contributed by atoms with Gasteiger partial charge >= 0.3 is 0 Å². The zero-order valence-electron chi connectivity index (χ0n) is 33.3. The Hall–Kier alpha value is -3.06. The predicted molar refractivity (Wildman–Crippen MR) is 199 cm³/mol. The summed E-state index contributed by atoms with van der Waals surface area (Å²) in [6, 6.07) is 7.61. The number of amides is 4. The Labute approximate surface area is 307 Å². The largest absolute Gasteiger partial charge is 0.386 e. The lowest BCUT2D eigenvalue weighted by Crippen LogP contribution is -2.60. The molecule has 9 atom stereocenters. The van der Waals surface area contributed by atoms with E-state index in [0.29, 0.717) is 23.0 Å². The maximum Gasteiger partial charge on any atom is 0.279 e. The molecule has 1 fully saturated rings. The van der Waals surface area contributed by atoms with Crippen molar-refractivity contribution in [2.24, 2.45) is 17.8 Å². The Kier molecular flexibility index (Phi) is 17.5. The minimum atomic E-state index is -0.872. The van der Waals surface area contributed by atoms with Crippen molar-refractivity contribution in [3.63, 3.8) is 0 Å². The minimum Gasteiger partial charge on any atom is -0.386 e. The number of rotatable bonds is 20. The first kappa shape index (κ1) is 44.1. The van der Waals surface area contributed by atoms with Crippen molar-refractivity contribution in [3.8, 4) is 0 Å². The van der Waals surface area contributed by atoms with E-state index < -0.39 is 36.3 Å². The van der Waals surface area contributed by atoms with Gasteiger partial charge in [-0.25, -0.2) is 0 Å². The summed E-state index contributed by atoms with van der Waals surface area (Å²) in [7, 11) is 8.86. The molecular formula is C39H68N5O7+. The molecule has 3 N–H and O–H groups in total. The van der Waals surface area contributed by atoms with E-state index in [0.717, 1.165) is 19.4 Å². The van der Waals surface area contributed by atoms with Gasteiger partial charge in [-0.3, -0.25) is 19.2 Å². The van der Waals surface area contributed by atoms with Gasteiger partial charge in [0.1, 0.15) is 0 Å². The third kappa shape index (κ3) is 11.5. The first-order chi connectivity index (χ1) is 24.0. The number of hydrogen-bond acceptors (Lipinski definition) is 7. The van der Waals surface area contributed by atoms with Gasteiger partial charge in [-0.15, -0.1) is 0 Å². The van der Waals surface area contributed by atoms with Crippen molar-refractivity contribution in [2.75, 3.05) is 55.0 Å². The summed E-state index contributed by atoms with van der Waals surface area (Å²) in [5, 5.41) is 16.6. The highest BCUT2D eigenvalue weighted by Crippen LogP contribution is 2.29. The van der Waals surface area contributed by atoms with Crippen LogP contribution in [0.5, 0.6) is 0 Å². The van der Waals surface area contributed by atoms with Crippen LogP contribution in [0, 0.1) is 17.8 Å². The fourth-order valence-electron chi connectivity index (χ4n) is 7.72. The van der Waals surface area contributed by atoms with Gasteiger partial charge in [-0.05, 0) is 38.2 Å². The number of likely N-dealkylation sites (N-methyl/N-ethyl adjacent to an activating group) is 2. The fourth-order valence-corrected chi connectivity index (χ4v) is 7.72. The van der Waals surface area contributed by atoms with E-state index in [2.05, 4.69) is 10.6 Å². The summed E-state index contributed by atoms with van der Waals surface area (Å²) in [4.78, 5) is 57.7. The monoisotopic (exact) mass is 719 g/mol. The number of nitrogens with zero attached hydrogens (tertiary/aromatic N) is 3. The lowest BCUT2D eigenvalue weighted by atomic mass is 9.90. The molecule has 1 aliphatic rings. The molecule has 0 radical (unpaired) electrons. The molecule has 290 valence electrons. The Balaban J connectivity index is 2.16. The van der Waals surface area contributed by atoms with E-state index in [4.69, 9.17) is 9.47 Å². The van der Waals surface area contributed by atoms with Crippen LogP contribution in [0.25, 0.3) is 0 Å². The number of aliphatic hydroxyl groups is 1. The number of benzene rings is 1. The van der Waals surface area contributed by atoms with Gasteiger partial charge in [-0.1, -0.05) is 71.4 Å². The summed E-state index contributed by atoms with van der Waals surface area (Å²) in [6.07, 6.45) is 0.205. The van der Waals surface area contributed by atoms with Gasteiger partial charge in [0, 0.05) is 33.7 Å². The second kappa shape index (κ2) is 20.3. The zero-order valence-corrected chi connectivity index (χ0v) is 33.3. The second-order valence-corrected chi connectivity index (χ2v) is 15.3. The van der Waals surface area contributed by atoms with Gasteiger partial charge in [0.15, 0.2) is 6.04 Å². The average Bonchev–Trinajstić information content (AvgIpc) is 3.59. The first-order valence-electron chi connectivity index (χ1n) is 18.7. The molecular weight excluding hydrogens is 650 g/mol. The molecule has 1 heterocycles. The summed E-state index contributed by atoms with van der Waals surface area (Å²) >= 11 is 0. The van der Waals surface area contributed by atoms with E-state index >= 15 is 0 Å². The van der Waals surface area contributed by atoms with Gasteiger partial charge in [0.25, 0.3) is 5.91 Å². The smallest absolute Gasteiger partial charge is 0.279 e. The van der Waals surface area contributed by atoms with Crippen LogP contribution in [-0.4, -0.2) is 134 Å². The summed E-state index contributed by atoms with van der Waals surface area (Å²) < 4.78 is 12.4. The zero-order chi connectivity index (χ0) is 38.6. The van der Waals surface area contributed by atoms with Crippen molar-refractivity contribution >= 4 is 23.6 Å². The van der Waals surface area contributed by atoms with E-state index in [-0.39, 0.29) is 60.5 Å². The SMILES string of the molecule is CCC(C)C(C(CC(=O)N1CCCC1C(OC)C(C)C(=O)NC(C)C(O)c1ccccc1)OC)N(C)C(=O)CNC(=O)C(C(C)C)[N+](C)(C)CC. The molecule has 0 aliphatic carbocycles. The van der Waals surface area contributed by atoms with Crippen LogP contribution in [0.3, 0.4) is 0 Å². The van der Waals surface area contributed by atoms with Crippen LogP contribution in [0.1, 0.15) is 85.8 Å². The lowest BCUT2D eigenvalue weighted by Gasteiger charge is -2.40. The highest BCUT2D eigenvalue weighted by atomic mass is 16.5. The molecule has 12 heteroatoms. The molecule has 0 spiro atoms. The molecule has 2 rings (SSSR count). The number of nitrogens with one attached hydrogen (secondary N) is 2. The van der Waals surface area contributed by atoms with Crippen molar-refractivity contribution < 1.29 is 38.2 Å². The number of likely N-dealkylation sites (tertiary alicyclic amines) is 1. The highest BCUT2D eigenvalue weighted by Gasteiger charge is 2.43. The van der Waals surface area contributed by atoms with Crippen molar-refractivity contribution in [1.29, 1.82) is 0 Å². The van der Waals surface area contributed by atoms with Crippen LogP contribution in [0.4, 0.5) is 0 Å². The number of hydrogen-bond donors (Lipinski definition) is 3. The molecule has 51 heavy (non-hydrogen) atoms. The van der Waals surface area contributed by atoms with Crippen molar-refractivity contribution in [1.82, 2.24) is 20.4 Å². The number of carbonyl (C=O) groups is 4. The Morgan fingerprint density at radius 1 is 1.00 bits per heavy atom. The maximum atomic E-state index is 14.0. The van der Waals surface area contributed by atoms with Gasteiger partial charge in [0.2, 0.25) is 17.7 Å². The van der Waals surface area contributed by atoms with Crippen LogP contribution in [0.2, 0.25) is 0 Å². The molecule has 12 nitrogen and oxygen atoms in total. The van der Waals surface area contributed by atoms with Crippen molar-refractivity contribution in [3.05, 3.63) is 35.9 Å². The lowest BCUT2D eigenvalue weighted by molar-refractivity contribution is -0.907. The summed E-state index contributed by atoms with van der Waals surface area (Å²) in [5.74, 6) is -1.31. The normalized spacial score (nSPS) is 19.7. The van der Waals surface area contributed by atoms with Gasteiger partial charge in [0.05, 0.1) is 76.0 Å². The molecule has 9 unspecified atom stereocenters. The highest BCUT2D eigenvalue weighted by molar-refractivity contribution is 5.87. The summed E-state index contributed by atoms with van der Waals surface area (Å²) in [5.41, 5.74) is 0.712.